The van der Waals surface area contributed by atoms with E-state index in [9.17, 15) is 13.6 Å². The molecular weight excluding hydrogens is 362 g/mol. The third-order valence-electron chi connectivity index (χ3n) is 3.86. The van der Waals surface area contributed by atoms with Crippen LogP contribution in [0.15, 0.2) is 42.5 Å². The molecule has 0 saturated carbocycles. The van der Waals surface area contributed by atoms with Gasteiger partial charge in [-0.05, 0) is 30.2 Å². The number of hydrogen-bond acceptors (Lipinski definition) is 3. The van der Waals surface area contributed by atoms with Crippen LogP contribution in [-0.4, -0.2) is 24.5 Å². The number of amides is 1. The highest BCUT2D eigenvalue weighted by Gasteiger charge is 2.16. The summed E-state index contributed by atoms with van der Waals surface area (Å²) in [5, 5.41) is 3.53. The Morgan fingerprint density at radius 2 is 1.92 bits per heavy atom. The molecule has 1 amide bonds. The lowest BCUT2D eigenvalue weighted by Crippen LogP contribution is -2.26. The second kappa shape index (κ2) is 7.66. The van der Waals surface area contributed by atoms with Gasteiger partial charge in [-0.3, -0.25) is 4.79 Å². The molecule has 134 valence electrons. The van der Waals surface area contributed by atoms with E-state index in [4.69, 9.17) is 16.3 Å². The van der Waals surface area contributed by atoms with Gasteiger partial charge in [0.15, 0.2) is 5.82 Å². The Hall–Kier alpha value is -2.73. The van der Waals surface area contributed by atoms with Gasteiger partial charge in [0.2, 0.25) is 0 Å². The van der Waals surface area contributed by atoms with Crippen molar-refractivity contribution in [1.82, 2.24) is 10.3 Å². The number of hydrogen-bond donors (Lipinski definition) is 1. The molecule has 0 unspecified atom stereocenters. The van der Waals surface area contributed by atoms with Crippen molar-refractivity contribution in [1.29, 1.82) is 0 Å². The van der Waals surface area contributed by atoms with Crippen molar-refractivity contribution in [2.24, 2.45) is 0 Å². The van der Waals surface area contributed by atoms with Crippen LogP contribution < -0.4 is 10.1 Å². The van der Waals surface area contributed by atoms with Crippen molar-refractivity contribution in [3.8, 4) is 5.75 Å². The van der Waals surface area contributed by atoms with E-state index in [1.807, 2.05) is 12.1 Å². The summed E-state index contributed by atoms with van der Waals surface area (Å²) in [7, 11) is 1.36. The molecule has 0 fully saturated rings. The maximum absolute atomic E-state index is 14.0. The molecule has 0 aliphatic carbocycles. The number of fused-ring (bicyclic) bond motifs is 1. The third kappa shape index (κ3) is 3.91. The first kappa shape index (κ1) is 18.1. The number of halogens is 3. The van der Waals surface area contributed by atoms with Gasteiger partial charge in [0.1, 0.15) is 22.8 Å². The van der Waals surface area contributed by atoms with Gasteiger partial charge in [-0.15, -0.1) is 0 Å². The Labute approximate surface area is 153 Å². The molecular formula is C19H15ClF2N2O2. The number of methoxy groups -OCH3 is 1. The molecule has 0 spiro atoms. The van der Waals surface area contributed by atoms with Crippen molar-refractivity contribution in [2.75, 3.05) is 13.7 Å². The molecule has 1 aromatic heterocycles. The number of aromatic nitrogens is 1. The highest BCUT2D eigenvalue weighted by molar-refractivity contribution is 6.30. The fourth-order valence-corrected chi connectivity index (χ4v) is 2.70. The van der Waals surface area contributed by atoms with Gasteiger partial charge >= 0.3 is 0 Å². The Morgan fingerprint density at radius 1 is 1.19 bits per heavy atom. The summed E-state index contributed by atoms with van der Waals surface area (Å²) in [6.45, 7) is 0.369. The summed E-state index contributed by atoms with van der Waals surface area (Å²) in [5.41, 5.74) is 0.893. The number of nitrogens with one attached hydrogen (secondary N) is 1. The molecule has 26 heavy (non-hydrogen) atoms. The summed E-state index contributed by atoms with van der Waals surface area (Å²) in [6, 6.07) is 10.5. The lowest BCUT2D eigenvalue weighted by atomic mass is 10.1. The first-order valence-corrected chi connectivity index (χ1v) is 8.22. The molecule has 7 heteroatoms. The molecule has 3 aromatic rings. The Morgan fingerprint density at radius 3 is 2.62 bits per heavy atom. The van der Waals surface area contributed by atoms with Crippen molar-refractivity contribution >= 4 is 28.4 Å². The largest absolute Gasteiger partial charge is 0.496 e. The van der Waals surface area contributed by atoms with E-state index < -0.39 is 17.5 Å². The Kier molecular flexibility index (Phi) is 5.32. The van der Waals surface area contributed by atoms with Crippen molar-refractivity contribution in [3.05, 3.63) is 70.4 Å². The highest BCUT2D eigenvalue weighted by atomic mass is 35.5. The number of carbonyl (C=O) groups is 1. The quantitative estimate of drug-likeness (QED) is 0.727. The number of pyridine rings is 1. The number of nitrogens with zero attached hydrogens (tertiary/aromatic N) is 1. The van der Waals surface area contributed by atoms with Crippen LogP contribution in [0.2, 0.25) is 5.02 Å². The van der Waals surface area contributed by atoms with Gasteiger partial charge in [-0.25, -0.2) is 13.8 Å². The molecule has 0 radical (unpaired) electrons. The first-order chi connectivity index (χ1) is 12.5. The Balaban J connectivity index is 1.78. The van der Waals surface area contributed by atoms with Gasteiger partial charge < -0.3 is 10.1 Å². The van der Waals surface area contributed by atoms with E-state index >= 15 is 0 Å². The summed E-state index contributed by atoms with van der Waals surface area (Å²) in [5.74, 6) is -1.89. The Bertz CT molecular complexity index is 962. The zero-order valence-corrected chi connectivity index (χ0v) is 14.6. The van der Waals surface area contributed by atoms with Crippen LogP contribution >= 0.6 is 11.6 Å². The predicted molar refractivity (Wildman–Crippen MR) is 95.7 cm³/mol. The van der Waals surface area contributed by atoms with Crippen molar-refractivity contribution in [3.63, 3.8) is 0 Å². The van der Waals surface area contributed by atoms with Crippen LogP contribution in [0.3, 0.4) is 0 Å². The molecule has 0 aliphatic rings. The van der Waals surface area contributed by atoms with E-state index in [-0.39, 0.29) is 22.3 Å². The molecule has 0 saturated heterocycles. The number of rotatable bonds is 5. The van der Waals surface area contributed by atoms with Crippen molar-refractivity contribution in [2.45, 2.75) is 6.42 Å². The standard InChI is InChI=1S/C19H15ClF2N2O2/c1-26-17-10-16(24-18-14(17)8-13(21)9-15(18)22)19(25)23-7-6-11-2-4-12(20)5-3-11/h2-5,8-10H,6-7H2,1H3,(H,23,25). The first-order valence-electron chi connectivity index (χ1n) is 7.84. The lowest BCUT2D eigenvalue weighted by molar-refractivity contribution is 0.0949. The van der Waals surface area contributed by atoms with Crippen LogP contribution in [0.25, 0.3) is 10.9 Å². The molecule has 0 bridgehead atoms. The lowest BCUT2D eigenvalue weighted by Gasteiger charge is -2.10. The maximum Gasteiger partial charge on any atom is 0.270 e. The zero-order chi connectivity index (χ0) is 18.7. The molecule has 4 nitrogen and oxygen atoms in total. The fourth-order valence-electron chi connectivity index (χ4n) is 2.57. The van der Waals surface area contributed by atoms with Crippen LogP contribution in [0, 0.1) is 11.6 Å². The van der Waals surface area contributed by atoms with E-state index in [0.29, 0.717) is 18.0 Å². The van der Waals surface area contributed by atoms with Gasteiger partial charge in [-0.1, -0.05) is 23.7 Å². The molecule has 1 heterocycles. The minimum atomic E-state index is -0.853. The predicted octanol–water partition coefficient (Wildman–Crippen LogP) is 4.15. The number of carbonyl (C=O) groups excluding carboxylic acids is 1. The van der Waals surface area contributed by atoms with Crippen LogP contribution in [0.1, 0.15) is 16.1 Å². The van der Waals surface area contributed by atoms with E-state index in [1.165, 1.54) is 13.2 Å². The summed E-state index contributed by atoms with van der Waals surface area (Å²) in [4.78, 5) is 16.3. The van der Waals surface area contributed by atoms with Gasteiger partial charge in [0.25, 0.3) is 5.91 Å². The van der Waals surface area contributed by atoms with Gasteiger partial charge in [0.05, 0.1) is 7.11 Å². The van der Waals surface area contributed by atoms with Crippen LogP contribution in [0.5, 0.6) is 5.75 Å². The third-order valence-corrected chi connectivity index (χ3v) is 4.11. The topological polar surface area (TPSA) is 51.2 Å². The molecule has 0 atom stereocenters. The summed E-state index contributed by atoms with van der Waals surface area (Å²) in [6.07, 6.45) is 0.604. The van der Waals surface area contributed by atoms with Gasteiger partial charge in [-0.2, -0.15) is 0 Å². The average Bonchev–Trinajstić information content (AvgIpc) is 2.62. The highest BCUT2D eigenvalue weighted by Crippen LogP contribution is 2.28. The van der Waals surface area contributed by atoms with E-state index in [2.05, 4.69) is 10.3 Å². The molecule has 0 aliphatic heterocycles. The molecule has 2 aromatic carbocycles. The van der Waals surface area contributed by atoms with E-state index in [1.54, 1.807) is 12.1 Å². The van der Waals surface area contributed by atoms with E-state index in [0.717, 1.165) is 17.7 Å². The SMILES string of the molecule is COc1cc(C(=O)NCCc2ccc(Cl)cc2)nc2c(F)cc(F)cc12. The summed E-state index contributed by atoms with van der Waals surface area (Å²) < 4.78 is 32.6. The number of benzene rings is 2. The van der Waals surface area contributed by atoms with Crippen LogP contribution in [-0.2, 0) is 6.42 Å². The summed E-state index contributed by atoms with van der Waals surface area (Å²) >= 11 is 5.83. The molecule has 3 rings (SSSR count). The van der Waals surface area contributed by atoms with Crippen molar-refractivity contribution < 1.29 is 18.3 Å². The monoisotopic (exact) mass is 376 g/mol. The zero-order valence-electron chi connectivity index (χ0n) is 13.9. The minimum absolute atomic E-state index is 0.00374. The maximum atomic E-state index is 14.0. The average molecular weight is 377 g/mol. The number of ether oxygens (including phenoxy) is 1. The van der Waals surface area contributed by atoms with Gasteiger partial charge in [0, 0.05) is 29.1 Å². The second-order valence-corrected chi connectivity index (χ2v) is 6.06. The normalized spacial score (nSPS) is 10.8. The minimum Gasteiger partial charge on any atom is -0.496 e. The fraction of sp³-hybridized carbons (Fsp3) is 0.158. The molecule has 1 N–H and O–H groups in total. The second-order valence-electron chi connectivity index (χ2n) is 5.63. The van der Waals surface area contributed by atoms with Crippen LogP contribution in [0.4, 0.5) is 8.78 Å². The smallest absolute Gasteiger partial charge is 0.270 e.